The summed E-state index contributed by atoms with van der Waals surface area (Å²) in [5.74, 6) is 1.03. The molecule has 0 aromatic carbocycles. The van der Waals surface area contributed by atoms with Gasteiger partial charge in [-0.05, 0) is 19.1 Å². The first-order valence-electron chi connectivity index (χ1n) is 3.37. The molecule has 0 saturated carbocycles. The van der Waals surface area contributed by atoms with E-state index in [9.17, 15) is 0 Å². The fourth-order valence-corrected chi connectivity index (χ4v) is 0.669. The zero-order valence-electron chi connectivity index (χ0n) is 6.32. The van der Waals surface area contributed by atoms with Gasteiger partial charge in [0.25, 0.3) is 0 Å². The molecule has 1 aromatic heterocycles. The summed E-state index contributed by atoms with van der Waals surface area (Å²) in [5.41, 5.74) is 2.86. The third-order valence-electron chi connectivity index (χ3n) is 1.01. The number of hydrazone groups is 1. The minimum Gasteiger partial charge on any atom is -0.463 e. The highest BCUT2D eigenvalue weighted by Crippen LogP contribution is 1.95. The number of nitrogens with zero attached hydrogens (tertiary/aromatic N) is 1. The molecule has 0 aliphatic heterocycles. The van der Waals surface area contributed by atoms with Crippen molar-refractivity contribution >= 4 is 15.5 Å². The summed E-state index contributed by atoms with van der Waals surface area (Å²) in [6.45, 7) is 1.99. The van der Waals surface area contributed by atoms with Crippen LogP contribution in [0.3, 0.4) is 0 Å². The number of hydrogen-bond donors (Lipinski definition) is 1. The molecular formula is C7H11N2OP. The van der Waals surface area contributed by atoms with E-state index in [4.69, 9.17) is 4.42 Å². The van der Waals surface area contributed by atoms with E-state index in [0.29, 0.717) is 0 Å². The maximum absolute atomic E-state index is 5.02. The molecule has 0 saturated heterocycles. The summed E-state index contributed by atoms with van der Waals surface area (Å²) in [7, 11) is 2.59. The van der Waals surface area contributed by atoms with E-state index in [0.717, 1.165) is 5.76 Å². The van der Waals surface area contributed by atoms with Gasteiger partial charge < -0.3 is 9.84 Å². The van der Waals surface area contributed by atoms with E-state index in [1.807, 2.05) is 19.1 Å². The second-order valence-corrected chi connectivity index (χ2v) is 3.19. The highest BCUT2D eigenvalue weighted by molar-refractivity contribution is 7.17. The molecule has 4 heteroatoms. The first kappa shape index (κ1) is 8.28. The molecule has 0 spiro atoms. The highest BCUT2D eigenvalue weighted by atomic mass is 31.0. The fraction of sp³-hybridized carbons (Fsp3) is 0.286. The Kier molecular flexibility index (Phi) is 3.12. The Morgan fingerprint density at radius 2 is 2.64 bits per heavy atom. The first-order chi connectivity index (χ1) is 5.29. The Hall–Kier alpha value is -0.820. The predicted molar refractivity (Wildman–Crippen MR) is 48.6 cm³/mol. The largest absolute Gasteiger partial charge is 0.463 e. The normalized spacial score (nSPS) is 13.6. The summed E-state index contributed by atoms with van der Waals surface area (Å²) in [4.78, 5) is 0. The first-order valence-corrected chi connectivity index (χ1v) is 4.03. The zero-order chi connectivity index (χ0) is 8.10. The van der Waals surface area contributed by atoms with Crippen molar-refractivity contribution in [2.24, 2.45) is 5.10 Å². The van der Waals surface area contributed by atoms with Crippen molar-refractivity contribution in [3.63, 3.8) is 0 Å². The summed E-state index contributed by atoms with van der Waals surface area (Å²) in [5, 5.41) is 3.92. The van der Waals surface area contributed by atoms with Gasteiger partial charge >= 0.3 is 0 Å². The van der Waals surface area contributed by atoms with Crippen LogP contribution in [0.1, 0.15) is 12.7 Å². The summed E-state index contributed by atoms with van der Waals surface area (Å²) in [6, 6.07) is 3.67. The summed E-state index contributed by atoms with van der Waals surface area (Å²) < 4.78 is 5.02. The third kappa shape index (κ3) is 3.19. The van der Waals surface area contributed by atoms with E-state index in [1.54, 1.807) is 12.5 Å². The molecule has 0 aliphatic carbocycles. The second kappa shape index (κ2) is 4.14. The van der Waals surface area contributed by atoms with E-state index >= 15 is 0 Å². The molecule has 11 heavy (non-hydrogen) atoms. The van der Waals surface area contributed by atoms with Crippen LogP contribution in [0.4, 0.5) is 0 Å². The van der Waals surface area contributed by atoms with Crippen LogP contribution >= 0.6 is 9.24 Å². The molecule has 3 nitrogen and oxygen atoms in total. The van der Waals surface area contributed by atoms with Gasteiger partial charge in [-0.2, -0.15) is 5.10 Å². The third-order valence-corrected chi connectivity index (χ3v) is 1.16. The standard InChI is InChI=1S/C7H11N2OP/c1-6(11)9-8-5-7-3-2-4-10-7/h2-6,9H,11H2,1H3/b8-5+. The minimum absolute atomic E-state index is 0.279. The molecule has 0 bridgehead atoms. The molecule has 1 rings (SSSR count). The van der Waals surface area contributed by atoms with Crippen molar-refractivity contribution in [2.75, 3.05) is 0 Å². The molecule has 0 amide bonds. The van der Waals surface area contributed by atoms with Crippen molar-refractivity contribution in [3.05, 3.63) is 24.2 Å². The number of nitrogens with one attached hydrogen (secondary N) is 1. The van der Waals surface area contributed by atoms with Crippen LogP contribution in [0.15, 0.2) is 27.9 Å². The summed E-state index contributed by atoms with van der Waals surface area (Å²) in [6.07, 6.45) is 3.26. The van der Waals surface area contributed by atoms with Gasteiger partial charge in [0.15, 0.2) is 0 Å². The molecule has 1 heterocycles. The van der Waals surface area contributed by atoms with Crippen molar-refractivity contribution < 1.29 is 4.42 Å². The van der Waals surface area contributed by atoms with Crippen molar-refractivity contribution in [1.82, 2.24) is 5.43 Å². The topological polar surface area (TPSA) is 37.5 Å². The van der Waals surface area contributed by atoms with Crippen molar-refractivity contribution in [3.8, 4) is 0 Å². The van der Waals surface area contributed by atoms with Crippen LogP contribution in [-0.2, 0) is 0 Å². The van der Waals surface area contributed by atoms with Crippen LogP contribution in [0.5, 0.6) is 0 Å². The average Bonchev–Trinajstić information content (AvgIpc) is 2.39. The molecule has 2 unspecified atom stereocenters. The van der Waals surface area contributed by atoms with Crippen molar-refractivity contribution in [2.45, 2.75) is 12.7 Å². The minimum atomic E-state index is 0.279. The van der Waals surface area contributed by atoms with Crippen LogP contribution in [-0.4, -0.2) is 12.0 Å². The number of furan rings is 1. The molecule has 0 fully saturated rings. The fourth-order valence-electron chi connectivity index (χ4n) is 0.583. The lowest BCUT2D eigenvalue weighted by molar-refractivity contribution is 0.559. The van der Waals surface area contributed by atoms with Gasteiger partial charge in [0.2, 0.25) is 0 Å². The highest BCUT2D eigenvalue weighted by Gasteiger charge is 1.88. The quantitative estimate of drug-likeness (QED) is 0.423. The average molecular weight is 170 g/mol. The maximum Gasteiger partial charge on any atom is 0.146 e. The van der Waals surface area contributed by atoms with Crippen LogP contribution < -0.4 is 5.43 Å². The van der Waals surface area contributed by atoms with Gasteiger partial charge in [-0.15, -0.1) is 9.24 Å². The lowest BCUT2D eigenvalue weighted by Crippen LogP contribution is -2.12. The van der Waals surface area contributed by atoms with Crippen LogP contribution in [0.25, 0.3) is 0 Å². The SMILES string of the molecule is CC(P)N/N=C/c1ccco1. The zero-order valence-corrected chi connectivity index (χ0v) is 7.47. The monoisotopic (exact) mass is 170 g/mol. The molecule has 1 aromatic rings. The van der Waals surface area contributed by atoms with Gasteiger partial charge in [0.1, 0.15) is 5.76 Å². The smallest absolute Gasteiger partial charge is 0.146 e. The number of rotatable bonds is 3. The molecule has 0 radical (unpaired) electrons. The Morgan fingerprint density at radius 3 is 3.18 bits per heavy atom. The van der Waals surface area contributed by atoms with Crippen LogP contribution in [0.2, 0.25) is 0 Å². The Bertz CT molecular complexity index is 218. The molecule has 60 valence electrons. The lowest BCUT2D eigenvalue weighted by Gasteiger charge is -2.00. The van der Waals surface area contributed by atoms with Gasteiger partial charge in [0, 0.05) is 0 Å². The van der Waals surface area contributed by atoms with E-state index in [2.05, 4.69) is 19.8 Å². The Labute approximate surface area is 68.1 Å². The molecule has 1 N–H and O–H groups in total. The van der Waals surface area contributed by atoms with Crippen LogP contribution in [0, 0.1) is 0 Å². The Morgan fingerprint density at radius 1 is 1.82 bits per heavy atom. The predicted octanol–water partition coefficient (Wildman–Crippen LogP) is 1.42. The van der Waals surface area contributed by atoms with Gasteiger partial charge in [-0.1, -0.05) is 0 Å². The number of hydrogen-bond acceptors (Lipinski definition) is 3. The molecular weight excluding hydrogens is 159 g/mol. The van der Waals surface area contributed by atoms with Gasteiger partial charge in [-0.3, -0.25) is 0 Å². The van der Waals surface area contributed by atoms with E-state index < -0.39 is 0 Å². The second-order valence-electron chi connectivity index (χ2n) is 2.19. The molecule has 0 aliphatic rings. The molecule has 2 atom stereocenters. The van der Waals surface area contributed by atoms with Gasteiger partial charge in [-0.25, -0.2) is 0 Å². The Balaban J connectivity index is 2.37. The summed E-state index contributed by atoms with van der Waals surface area (Å²) >= 11 is 0. The van der Waals surface area contributed by atoms with Gasteiger partial charge in [0.05, 0.1) is 18.3 Å². The van der Waals surface area contributed by atoms with Crippen molar-refractivity contribution in [1.29, 1.82) is 0 Å². The van der Waals surface area contributed by atoms with E-state index in [-0.39, 0.29) is 5.78 Å². The lowest BCUT2D eigenvalue weighted by atomic mass is 10.5. The van der Waals surface area contributed by atoms with E-state index in [1.165, 1.54) is 0 Å². The maximum atomic E-state index is 5.02.